The van der Waals surface area contributed by atoms with Crippen molar-refractivity contribution < 1.29 is 14.5 Å². The molecule has 0 amide bonds. The highest BCUT2D eigenvalue weighted by molar-refractivity contribution is 5.81. The van der Waals surface area contributed by atoms with Gasteiger partial charge in [-0.1, -0.05) is 0 Å². The van der Waals surface area contributed by atoms with E-state index in [1.54, 1.807) is 20.8 Å². The largest absolute Gasteiger partial charge is 0.458 e. The highest BCUT2D eigenvalue weighted by Crippen LogP contribution is 2.24. The maximum absolute atomic E-state index is 11.9. The minimum Gasteiger partial charge on any atom is -0.458 e. The summed E-state index contributed by atoms with van der Waals surface area (Å²) >= 11 is 0. The second kappa shape index (κ2) is 4.37. The first-order valence-electron chi connectivity index (χ1n) is 5.35. The van der Waals surface area contributed by atoms with Gasteiger partial charge in [-0.15, -0.1) is 0 Å². The van der Waals surface area contributed by atoms with Gasteiger partial charge in [0.15, 0.2) is 5.54 Å². The zero-order valence-corrected chi connectivity index (χ0v) is 9.91. The summed E-state index contributed by atoms with van der Waals surface area (Å²) in [7, 11) is 0. The quantitative estimate of drug-likeness (QED) is 0.439. The third kappa shape index (κ3) is 3.16. The Morgan fingerprint density at radius 2 is 2.19 bits per heavy atom. The summed E-state index contributed by atoms with van der Waals surface area (Å²) in [5.41, 5.74) is -1.75. The number of rotatable bonds is 3. The van der Waals surface area contributed by atoms with Gasteiger partial charge in [0.05, 0.1) is 0 Å². The number of hydrogen-bond donors (Lipinski definition) is 1. The van der Waals surface area contributed by atoms with Crippen LogP contribution in [0.4, 0.5) is 0 Å². The van der Waals surface area contributed by atoms with Crippen molar-refractivity contribution in [2.24, 2.45) is 0 Å². The van der Waals surface area contributed by atoms with Crippen LogP contribution in [-0.2, 0) is 9.53 Å². The standard InChI is InChI=1S/C10H18N2O4/c1-9(2,3)16-8(13)10(7-12(14)15)5-4-6-11-10/h11H,4-7H2,1-3H3. The molecule has 1 fully saturated rings. The Hall–Kier alpha value is -1.17. The van der Waals surface area contributed by atoms with Gasteiger partial charge in [0.2, 0.25) is 6.54 Å². The lowest BCUT2D eigenvalue weighted by Crippen LogP contribution is -2.55. The van der Waals surface area contributed by atoms with Gasteiger partial charge in [-0.25, -0.2) is 4.79 Å². The first kappa shape index (κ1) is 12.9. The highest BCUT2D eigenvalue weighted by Gasteiger charge is 2.48. The van der Waals surface area contributed by atoms with Crippen LogP contribution >= 0.6 is 0 Å². The van der Waals surface area contributed by atoms with Crippen molar-refractivity contribution in [2.45, 2.75) is 44.8 Å². The fourth-order valence-electron chi connectivity index (χ4n) is 1.78. The van der Waals surface area contributed by atoms with E-state index in [1.807, 2.05) is 0 Å². The predicted molar refractivity (Wildman–Crippen MR) is 57.7 cm³/mol. The Morgan fingerprint density at radius 3 is 2.56 bits per heavy atom. The van der Waals surface area contributed by atoms with Gasteiger partial charge >= 0.3 is 5.97 Å². The summed E-state index contributed by atoms with van der Waals surface area (Å²) in [6.07, 6.45) is 1.22. The van der Waals surface area contributed by atoms with Crippen molar-refractivity contribution in [2.75, 3.05) is 13.1 Å². The zero-order valence-electron chi connectivity index (χ0n) is 9.91. The number of carbonyl (C=O) groups is 1. The first-order valence-corrected chi connectivity index (χ1v) is 5.35. The molecule has 0 radical (unpaired) electrons. The zero-order chi connectivity index (χ0) is 12.4. The molecule has 1 unspecified atom stereocenters. The average Bonchev–Trinajstić information content (AvgIpc) is 2.49. The molecule has 0 aliphatic carbocycles. The molecule has 0 aromatic carbocycles. The van der Waals surface area contributed by atoms with Crippen molar-refractivity contribution in [1.29, 1.82) is 0 Å². The summed E-state index contributed by atoms with van der Waals surface area (Å²) in [5.74, 6) is -0.519. The Morgan fingerprint density at radius 1 is 1.56 bits per heavy atom. The van der Waals surface area contributed by atoms with Crippen molar-refractivity contribution in [3.05, 3.63) is 10.1 Å². The van der Waals surface area contributed by atoms with Crippen LogP contribution in [0.5, 0.6) is 0 Å². The number of nitro groups is 1. The first-order chi connectivity index (χ1) is 7.25. The van der Waals surface area contributed by atoms with Crippen LogP contribution < -0.4 is 5.32 Å². The monoisotopic (exact) mass is 230 g/mol. The molecule has 0 aromatic rings. The van der Waals surface area contributed by atoms with Crippen molar-refractivity contribution >= 4 is 5.97 Å². The van der Waals surface area contributed by atoms with Crippen molar-refractivity contribution in [3.63, 3.8) is 0 Å². The van der Waals surface area contributed by atoms with Crippen LogP contribution in [-0.4, -0.2) is 35.1 Å². The van der Waals surface area contributed by atoms with E-state index in [9.17, 15) is 14.9 Å². The van der Waals surface area contributed by atoms with Crippen LogP contribution in [0.2, 0.25) is 0 Å². The van der Waals surface area contributed by atoms with Crippen LogP contribution in [0, 0.1) is 10.1 Å². The molecule has 0 aromatic heterocycles. The van der Waals surface area contributed by atoms with Gasteiger partial charge in [0.25, 0.3) is 0 Å². The molecule has 1 rings (SSSR count). The van der Waals surface area contributed by atoms with Gasteiger partial charge in [0.1, 0.15) is 5.60 Å². The fourth-order valence-corrected chi connectivity index (χ4v) is 1.78. The van der Waals surface area contributed by atoms with E-state index >= 15 is 0 Å². The van der Waals surface area contributed by atoms with E-state index < -0.39 is 28.6 Å². The summed E-state index contributed by atoms with van der Waals surface area (Å²) in [6, 6.07) is 0. The second-order valence-electron chi connectivity index (χ2n) is 5.11. The molecule has 1 saturated heterocycles. The van der Waals surface area contributed by atoms with Gasteiger partial charge in [-0.2, -0.15) is 0 Å². The molecule has 16 heavy (non-hydrogen) atoms. The van der Waals surface area contributed by atoms with E-state index in [4.69, 9.17) is 4.74 Å². The maximum Gasteiger partial charge on any atom is 0.333 e. The number of ether oxygens (including phenoxy) is 1. The lowest BCUT2D eigenvalue weighted by Gasteiger charge is -2.28. The average molecular weight is 230 g/mol. The molecular weight excluding hydrogens is 212 g/mol. The lowest BCUT2D eigenvalue weighted by molar-refractivity contribution is -0.488. The minimum absolute atomic E-state index is 0.415. The Kier molecular flexibility index (Phi) is 3.52. The molecule has 1 aliphatic rings. The third-order valence-corrected chi connectivity index (χ3v) is 2.43. The van der Waals surface area contributed by atoms with E-state index in [1.165, 1.54) is 0 Å². The molecule has 6 nitrogen and oxygen atoms in total. The number of esters is 1. The molecule has 0 spiro atoms. The Bertz CT molecular complexity index is 290. The molecular formula is C10H18N2O4. The number of carbonyl (C=O) groups excluding carboxylic acids is 1. The molecule has 1 atom stereocenters. The minimum atomic E-state index is -1.13. The van der Waals surface area contributed by atoms with Crippen LogP contribution in [0.3, 0.4) is 0 Å². The fraction of sp³-hybridized carbons (Fsp3) is 0.900. The highest BCUT2D eigenvalue weighted by atomic mass is 16.6. The van der Waals surface area contributed by atoms with Gasteiger partial charge in [-0.3, -0.25) is 15.4 Å². The smallest absolute Gasteiger partial charge is 0.333 e. The maximum atomic E-state index is 11.9. The molecule has 0 saturated carbocycles. The lowest BCUT2D eigenvalue weighted by atomic mass is 9.97. The number of nitrogens with zero attached hydrogens (tertiary/aromatic N) is 1. The van der Waals surface area contributed by atoms with E-state index in [2.05, 4.69) is 5.32 Å². The molecule has 6 heteroatoms. The van der Waals surface area contributed by atoms with Crippen LogP contribution in [0.1, 0.15) is 33.6 Å². The Balaban J connectivity index is 2.77. The number of nitrogens with one attached hydrogen (secondary N) is 1. The molecule has 1 aliphatic heterocycles. The molecule has 1 heterocycles. The summed E-state index contributed by atoms with van der Waals surface area (Å²) < 4.78 is 5.22. The third-order valence-electron chi connectivity index (χ3n) is 2.43. The SMILES string of the molecule is CC(C)(C)OC(=O)C1(C[N+](=O)[O-])CCCN1. The normalized spacial score (nSPS) is 25.4. The van der Waals surface area contributed by atoms with E-state index in [0.29, 0.717) is 13.0 Å². The van der Waals surface area contributed by atoms with Crippen molar-refractivity contribution in [3.8, 4) is 0 Å². The summed E-state index contributed by atoms with van der Waals surface area (Å²) in [4.78, 5) is 22.0. The van der Waals surface area contributed by atoms with Crippen LogP contribution in [0.15, 0.2) is 0 Å². The molecule has 92 valence electrons. The molecule has 1 N–H and O–H groups in total. The van der Waals surface area contributed by atoms with E-state index in [-0.39, 0.29) is 0 Å². The predicted octanol–water partition coefficient (Wildman–Crippen LogP) is 0.727. The number of hydrogen-bond acceptors (Lipinski definition) is 5. The van der Waals surface area contributed by atoms with Crippen LogP contribution in [0.25, 0.3) is 0 Å². The Labute approximate surface area is 94.5 Å². The summed E-state index contributed by atoms with van der Waals surface area (Å²) in [6.45, 7) is 5.45. The van der Waals surface area contributed by atoms with E-state index in [0.717, 1.165) is 6.42 Å². The van der Waals surface area contributed by atoms with Gasteiger partial charge in [0, 0.05) is 4.92 Å². The van der Waals surface area contributed by atoms with Crippen molar-refractivity contribution in [1.82, 2.24) is 5.32 Å². The second-order valence-corrected chi connectivity index (χ2v) is 5.11. The molecule has 0 bridgehead atoms. The van der Waals surface area contributed by atoms with Gasteiger partial charge in [-0.05, 0) is 40.2 Å². The summed E-state index contributed by atoms with van der Waals surface area (Å²) in [5, 5.41) is 13.5. The van der Waals surface area contributed by atoms with Gasteiger partial charge < -0.3 is 4.74 Å². The topological polar surface area (TPSA) is 81.5 Å².